The summed E-state index contributed by atoms with van der Waals surface area (Å²) in [7, 11) is 0. The van der Waals surface area contributed by atoms with Gasteiger partial charge in [0.25, 0.3) is 0 Å². The summed E-state index contributed by atoms with van der Waals surface area (Å²) in [5.41, 5.74) is -0.301. The lowest BCUT2D eigenvalue weighted by Gasteiger charge is -2.63. The molecule has 0 bridgehead atoms. The predicted molar refractivity (Wildman–Crippen MR) is 103 cm³/mol. The van der Waals surface area contributed by atoms with Crippen molar-refractivity contribution in [3.05, 3.63) is 11.6 Å². The number of hydrogen-bond donors (Lipinski definition) is 3. The number of esters is 1. The summed E-state index contributed by atoms with van der Waals surface area (Å²) in [5.74, 6) is 0.627. The summed E-state index contributed by atoms with van der Waals surface area (Å²) >= 11 is 0. The summed E-state index contributed by atoms with van der Waals surface area (Å²) in [4.78, 5) is 11.7. The average Bonchev–Trinajstić information content (AvgIpc) is 3.13. The largest absolute Gasteiger partial charge is 0.458 e. The molecule has 0 radical (unpaired) electrons. The molecule has 0 spiro atoms. The highest BCUT2D eigenvalue weighted by molar-refractivity contribution is 5.85. The molecule has 0 aromatic rings. The third-order valence-corrected chi connectivity index (χ3v) is 9.92. The molecule has 1 aliphatic heterocycles. The molecule has 5 nitrogen and oxygen atoms in total. The van der Waals surface area contributed by atoms with Gasteiger partial charge >= 0.3 is 5.97 Å². The Bertz CT molecular complexity index is 718. The van der Waals surface area contributed by atoms with Crippen molar-refractivity contribution in [2.45, 2.75) is 83.0 Å². The van der Waals surface area contributed by atoms with Gasteiger partial charge in [-0.05, 0) is 73.7 Å². The van der Waals surface area contributed by atoms with E-state index in [4.69, 9.17) is 4.74 Å². The van der Waals surface area contributed by atoms with E-state index in [1.807, 2.05) is 0 Å². The minimum absolute atomic E-state index is 0.170. The Hall–Kier alpha value is -0.910. The number of carbonyl (C=O) groups excluding carboxylic acids is 1. The van der Waals surface area contributed by atoms with E-state index in [0.29, 0.717) is 18.3 Å². The molecule has 0 amide bonds. The fraction of sp³-hybridized carbons (Fsp3) is 0.870. The highest BCUT2D eigenvalue weighted by Gasteiger charge is 2.70. The van der Waals surface area contributed by atoms with Crippen molar-refractivity contribution in [2.24, 2.45) is 34.5 Å². The fourth-order valence-electron chi connectivity index (χ4n) is 8.47. The van der Waals surface area contributed by atoms with Crippen LogP contribution in [0.15, 0.2) is 11.6 Å². The Morgan fingerprint density at radius 1 is 1.07 bits per heavy atom. The number of carbonyl (C=O) groups is 1. The highest BCUT2D eigenvalue weighted by Crippen LogP contribution is 2.69. The van der Waals surface area contributed by atoms with Gasteiger partial charge in [0.15, 0.2) is 0 Å². The second-order valence-electron chi connectivity index (χ2n) is 10.9. The van der Waals surface area contributed by atoms with Crippen LogP contribution in [-0.4, -0.2) is 45.7 Å². The van der Waals surface area contributed by atoms with Crippen LogP contribution < -0.4 is 0 Å². The molecule has 28 heavy (non-hydrogen) atoms. The zero-order valence-electron chi connectivity index (χ0n) is 17.1. The molecule has 9 atom stereocenters. The van der Waals surface area contributed by atoms with Gasteiger partial charge in [0.1, 0.15) is 6.61 Å². The minimum atomic E-state index is -0.906. The predicted octanol–water partition coefficient (Wildman–Crippen LogP) is 2.58. The molecule has 5 rings (SSSR count). The van der Waals surface area contributed by atoms with Crippen LogP contribution in [0.4, 0.5) is 0 Å². The van der Waals surface area contributed by atoms with E-state index >= 15 is 0 Å². The van der Waals surface area contributed by atoms with Gasteiger partial charge in [-0.25, -0.2) is 4.79 Å². The van der Waals surface area contributed by atoms with Crippen LogP contribution in [0.25, 0.3) is 0 Å². The first kappa shape index (κ1) is 19.1. The molecular weight excluding hydrogens is 356 g/mol. The van der Waals surface area contributed by atoms with Gasteiger partial charge in [-0.1, -0.05) is 13.8 Å². The molecule has 0 aromatic heterocycles. The van der Waals surface area contributed by atoms with Crippen LogP contribution in [0.3, 0.4) is 0 Å². The molecule has 4 saturated carbocycles. The normalized spacial score (nSPS) is 55.8. The number of ether oxygens (including phenoxy) is 1. The molecule has 4 fully saturated rings. The van der Waals surface area contributed by atoms with E-state index in [0.717, 1.165) is 50.5 Å². The maximum absolute atomic E-state index is 12.1. The second kappa shape index (κ2) is 6.05. The van der Waals surface area contributed by atoms with E-state index in [-0.39, 0.29) is 35.9 Å². The molecule has 6 unspecified atom stereocenters. The topological polar surface area (TPSA) is 87.0 Å². The third-order valence-electron chi connectivity index (χ3n) is 9.92. The molecule has 1 heterocycles. The van der Waals surface area contributed by atoms with E-state index < -0.39 is 17.1 Å². The van der Waals surface area contributed by atoms with Crippen LogP contribution in [-0.2, 0) is 9.53 Å². The van der Waals surface area contributed by atoms with E-state index in [1.54, 1.807) is 0 Å². The molecule has 0 aromatic carbocycles. The number of rotatable bonds is 1. The first-order valence-electron chi connectivity index (χ1n) is 11.1. The van der Waals surface area contributed by atoms with E-state index in [1.165, 1.54) is 6.08 Å². The highest BCUT2D eigenvalue weighted by atomic mass is 16.5. The van der Waals surface area contributed by atoms with Gasteiger partial charge in [-0.3, -0.25) is 0 Å². The summed E-state index contributed by atoms with van der Waals surface area (Å²) in [5, 5.41) is 33.3. The molecule has 0 saturated heterocycles. The Kier molecular flexibility index (Phi) is 4.12. The van der Waals surface area contributed by atoms with Gasteiger partial charge < -0.3 is 20.1 Å². The van der Waals surface area contributed by atoms with Crippen LogP contribution in [0.5, 0.6) is 0 Å². The Balaban J connectivity index is 1.50. The van der Waals surface area contributed by atoms with Crippen molar-refractivity contribution in [2.75, 3.05) is 6.61 Å². The lowest BCUT2D eigenvalue weighted by atomic mass is 9.43. The summed E-state index contributed by atoms with van der Waals surface area (Å²) in [6.07, 6.45) is 7.87. The van der Waals surface area contributed by atoms with Gasteiger partial charge in [-0.2, -0.15) is 0 Å². The lowest BCUT2D eigenvalue weighted by molar-refractivity contribution is -0.208. The number of fused-ring (bicyclic) bond motifs is 5. The van der Waals surface area contributed by atoms with Crippen molar-refractivity contribution in [1.82, 2.24) is 0 Å². The zero-order valence-corrected chi connectivity index (χ0v) is 17.1. The Morgan fingerprint density at radius 2 is 1.86 bits per heavy atom. The monoisotopic (exact) mass is 390 g/mol. The van der Waals surface area contributed by atoms with Crippen LogP contribution in [0.2, 0.25) is 0 Å². The van der Waals surface area contributed by atoms with Gasteiger partial charge in [0.2, 0.25) is 0 Å². The fourth-order valence-corrected chi connectivity index (χ4v) is 8.47. The number of cyclic esters (lactones) is 1. The first-order chi connectivity index (χ1) is 13.2. The van der Waals surface area contributed by atoms with Crippen molar-refractivity contribution in [3.63, 3.8) is 0 Å². The van der Waals surface area contributed by atoms with Crippen molar-refractivity contribution in [1.29, 1.82) is 0 Å². The Morgan fingerprint density at radius 3 is 2.57 bits per heavy atom. The maximum Gasteiger partial charge on any atom is 0.331 e. The molecular formula is C23H34O5. The van der Waals surface area contributed by atoms with Crippen LogP contribution in [0, 0.1) is 34.5 Å². The first-order valence-corrected chi connectivity index (χ1v) is 11.1. The third kappa shape index (κ3) is 2.33. The summed E-state index contributed by atoms with van der Waals surface area (Å²) in [6, 6.07) is 0. The molecule has 3 N–H and O–H groups in total. The summed E-state index contributed by atoms with van der Waals surface area (Å²) < 4.78 is 5.14. The Labute approximate surface area is 167 Å². The van der Waals surface area contributed by atoms with Crippen molar-refractivity contribution in [3.8, 4) is 0 Å². The molecule has 5 aliphatic rings. The summed E-state index contributed by atoms with van der Waals surface area (Å²) in [6.45, 7) is 4.77. The smallest absolute Gasteiger partial charge is 0.331 e. The zero-order chi connectivity index (χ0) is 19.9. The number of aliphatic hydroxyl groups excluding tert-OH is 2. The minimum Gasteiger partial charge on any atom is -0.458 e. The van der Waals surface area contributed by atoms with Gasteiger partial charge in [0, 0.05) is 23.8 Å². The van der Waals surface area contributed by atoms with Crippen molar-refractivity contribution < 1.29 is 24.9 Å². The van der Waals surface area contributed by atoms with E-state index in [9.17, 15) is 20.1 Å². The quantitative estimate of drug-likeness (QED) is 0.599. The lowest BCUT2D eigenvalue weighted by Crippen LogP contribution is -2.62. The number of aliphatic hydroxyl groups is 3. The van der Waals surface area contributed by atoms with Crippen LogP contribution >= 0.6 is 0 Å². The maximum atomic E-state index is 12.1. The molecule has 4 aliphatic carbocycles. The average molecular weight is 391 g/mol. The van der Waals surface area contributed by atoms with Crippen LogP contribution in [0.1, 0.15) is 65.2 Å². The second-order valence-corrected chi connectivity index (χ2v) is 10.9. The van der Waals surface area contributed by atoms with Gasteiger partial charge in [-0.15, -0.1) is 0 Å². The van der Waals surface area contributed by atoms with Gasteiger partial charge in [0.05, 0.1) is 17.8 Å². The SMILES string of the molecule is C[C@]12CCC(O)CC1CCC1C2CC[C@]2(C)C(C3=CC(=O)OC3)C(O)C[C@]12O. The number of hydrogen-bond acceptors (Lipinski definition) is 5. The molecule has 156 valence electrons. The van der Waals surface area contributed by atoms with E-state index in [2.05, 4.69) is 13.8 Å². The van der Waals surface area contributed by atoms with Crippen molar-refractivity contribution >= 4 is 5.97 Å². The molecule has 5 heteroatoms. The standard InChI is InChI=1S/C23H34O5/c1-21-7-5-15(24)10-14(21)3-4-17-16(21)6-8-22(2)20(13-9-19(26)28-12-13)18(25)11-23(17,22)27/h9,14-18,20,24-25,27H,3-8,10-12H2,1-2H3/t14?,15?,16?,17?,18?,20?,21-,22+,23-/m0/s1.